The van der Waals surface area contributed by atoms with Crippen molar-refractivity contribution in [2.24, 2.45) is 0 Å². The van der Waals surface area contributed by atoms with E-state index in [4.69, 9.17) is 9.47 Å². The Morgan fingerprint density at radius 1 is 1.39 bits per heavy atom. The van der Waals surface area contributed by atoms with Crippen LogP contribution in [0.15, 0.2) is 23.8 Å². The maximum Gasteiger partial charge on any atom is 0.326 e. The first kappa shape index (κ1) is 16.7. The average Bonchev–Trinajstić information content (AvgIpc) is 2.77. The van der Waals surface area contributed by atoms with Crippen LogP contribution < -0.4 is 4.74 Å². The Labute approximate surface area is 132 Å². The van der Waals surface area contributed by atoms with E-state index in [-0.39, 0.29) is 24.2 Å². The Morgan fingerprint density at radius 3 is 2.74 bits per heavy atom. The molecule has 7 heteroatoms. The van der Waals surface area contributed by atoms with Crippen LogP contribution in [0.25, 0.3) is 6.08 Å². The van der Waals surface area contributed by atoms with Gasteiger partial charge in [0.2, 0.25) is 5.91 Å². The second kappa shape index (κ2) is 7.04. The summed E-state index contributed by atoms with van der Waals surface area (Å²) >= 11 is 0. The molecule has 1 aliphatic heterocycles. The van der Waals surface area contributed by atoms with Crippen LogP contribution in [0, 0.1) is 5.82 Å². The van der Waals surface area contributed by atoms with Crippen molar-refractivity contribution < 1.29 is 28.2 Å². The van der Waals surface area contributed by atoms with E-state index in [1.807, 2.05) is 0 Å². The molecule has 122 valence electrons. The molecule has 6 nitrogen and oxygen atoms in total. The topological polar surface area (TPSA) is 72.9 Å². The van der Waals surface area contributed by atoms with Crippen LogP contribution in [-0.2, 0) is 19.1 Å². The molecular weight excluding hydrogens is 305 g/mol. The molecule has 0 spiro atoms. The molecule has 2 amide bonds. The molecule has 0 radical (unpaired) electrons. The van der Waals surface area contributed by atoms with Crippen molar-refractivity contribution >= 4 is 23.9 Å². The lowest BCUT2D eigenvalue weighted by Crippen LogP contribution is -2.35. The van der Waals surface area contributed by atoms with Crippen LogP contribution in [0.4, 0.5) is 4.39 Å². The maximum absolute atomic E-state index is 13.9. The van der Waals surface area contributed by atoms with E-state index in [2.05, 4.69) is 0 Å². The summed E-state index contributed by atoms with van der Waals surface area (Å²) in [5.41, 5.74) is 0.295. The van der Waals surface area contributed by atoms with E-state index < -0.39 is 30.1 Å². The quantitative estimate of drug-likeness (QED) is 0.467. The number of imide groups is 1. The molecule has 0 N–H and O–H groups in total. The Kier molecular flexibility index (Phi) is 5.10. The van der Waals surface area contributed by atoms with Crippen molar-refractivity contribution in [1.82, 2.24) is 4.90 Å². The van der Waals surface area contributed by atoms with Crippen molar-refractivity contribution in [3.8, 4) is 5.75 Å². The van der Waals surface area contributed by atoms with Crippen molar-refractivity contribution in [3.63, 3.8) is 0 Å². The van der Waals surface area contributed by atoms with Gasteiger partial charge in [0.25, 0.3) is 5.91 Å². The molecule has 0 saturated carbocycles. The third-order valence-corrected chi connectivity index (χ3v) is 3.29. The predicted molar refractivity (Wildman–Crippen MR) is 78.9 cm³/mol. The molecule has 1 heterocycles. The number of hydrogen-bond donors (Lipinski definition) is 0. The van der Waals surface area contributed by atoms with Gasteiger partial charge in [-0.25, -0.2) is 4.39 Å². The Bertz CT molecular complexity index is 683. The first-order chi connectivity index (χ1) is 11.0. The lowest BCUT2D eigenvalue weighted by atomic mass is 10.1. The number of benzene rings is 1. The number of amides is 2. The number of methoxy groups -OCH3 is 1. The summed E-state index contributed by atoms with van der Waals surface area (Å²) < 4.78 is 23.5. The first-order valence-electron chi connectivity index (χ1n) is 7.00. The lowest BCUT2D eigenvalue weighted by Gasteiger charge is -2.11. The summed E-state index contributed by atoms with van der Waals surface area (Å²) in [6.45, 7) is 1.35. The molecule has 23 heavy (non-hydrogen) atoms. The van der Waals surface area contributed by atoms with Gasteiger partial charge in [-0.05, 0) is 25.1 Å². The second-order valence-electron chi connectivity index (χ2n) is 4.82. The minimum Gasteiger partial charge on any atom is -0.497 e. The van der Waals surface area contributed by atoms with E-state index in [0.29, 0.717) is 5.75 Å². The molecular formula is C16H16FNO5. The molecule has 1 aromatic rings. The normalized spacial score (nSPS) is 16.1. The van der Waals surface area contributed by atoms with Crippen LogP contribution in [0.1, 0.15) is 18.9 Å². The van der Waals surface area contributed by atoms with Crippen LogP contribution >= 0.6 is 0 Å². The van der Waals surface area contributed by atoms with Gasteiger partial charge in [-0.3, -0.25) is 19.3 Å². The van der Waals surface area contributed by atoms with Gasteiger partial charge >= 0.3 is 5.97 Å². The van der Waals surface area contributed by atoms with Crippen LogP contribution in [0.3, 0.4) is 0 Å². The monoisotopic (exact) mass is 321 g/mol. The summed E-state index contributed by atoms with van der Waals surface area (Å²) in [5.74, 6) is -2.00. The second-order valence-corrected chi connectivity index (χ2v) is 4.82. The number of hydrogen-bond acceptors (Lipinski definition) is 5. The molecule has 1 saturated heterocycles. The van der Waals surface area contributed by atoms with Crippen molar-refractivity contribution in [3.05, 3.63) is 35.2 Å². The van der Waals surface area contributed by atoms with E-state index >= 15 is 0 Å². The van der Waals surface area contributed by atoms with Gasteiger partial charge in [-0.2, -0.15) is 0 Å². The number of esters is 1. The number of likely N-dealkylation sites (tertiary alicyclic amines) is 1. The molecule has 1 aliphatic rings. The number of nitrogens with zero attached hydrogens (tertiary/aromatic N) is 1. The molecule has 0 bridgehead atoms. The van der Waals surface area contributed by atoms with Crippen molar-refractivity contribution in [2.45, 2.75) is 13.3 Å². The van der Waals surface area contributed by atoms with E-state index in [1.54, 1.807) is 13.0 Å². The summed E-state index contributed by atoms with van der Waals surface area (Å²) in [5, 5.41) is 0. The molecule has 0 aliphatic carbocycles. The van der Waals surface area contributed by atoms with Crippen LogP contribution in [0.2, 0.25) is 0 Å². The minimum atomic E-state index is -0.661. The van der Waals surface area contributed by atoms with Gasteiger partial charge in [0, 0.05) is 17.2 Å². The molecule has 0 aromatic heterocycles. The third-order valence-electron chi connectivity index (χ3n) is 3.29. The lowest BCUT2D eigenvalue weighted by molar-refractivity contribution is -0.151. The summed E-state index contributed by atoms with van der Waals surface area (Å²) in [6.07, 6.45) is 1.13. The smallest absolute Gasteiger partial charge is 0.326 e. The maximum atomic E-state index is 13.9. The van der Waals surface area contributed by atoms with Crippen LogP contribution in [-0.4, -0.2) is 42.9 Å². The minimum absolute atomic E-state index is 0.128. The summed E-state index contributed by atoms with van der Waals surface area (Å²) in [7, 11) is 1.42. The fraction of sp³-hybridized carbons (Fsp3) is 0.312. The van der Waals surface area contributed by atoms with Crippen LogP contribution in [0.5, 0.6) is 5.75 Å². The number of carbonyl (C=O) groups excluding carboxylic acids is 3. The highest BCUT2D eigenvalue weighted by molar-refractivity contribution is 6.16. The third kappa shape index (κ3) is 3.74. The van der Waals surface area contributed by atoms with Gasteiger partial charge in [0.05, 0.1) is 20.1 Å². The highest BCUT2D eigenvalue weighted by Crippen LogP contribution is 2.24. The zero-order valence-electron chi connectivity index (χ0n) is 12.8. The van der Waals surface area contributed by atoms with E-state index in [0.717, 1.165) is 4.90 Å². The number of carbonyl (C=O) groups is 3. The number of rotatable bonds is 5. The number of halogens is 1. The molecule has 0 atom stereocenters. The van der Waals surface area contributed by atoms with E-state index in [9.17, 15) is 18.8 Å². The summed E-state index contributed by atoms with van der Waals surface area (Å²) in [6, 6.07) is 4.18. The standard InChI is InChI=1S/C16H16FNO5/c1-3-23-15(20)9-18-14(19)7-11(16(18)21)6-10-4-5-12(22-2)8-13(10)17/h4-6,8H,3,7,9H2,1-2H3/b11-6+. The van der Waals surface area contributed by atoms with Gasteiger partial charge in [0.15, 0.2) is 0 Å². The molecule has 2 rings (SSSR count). The SMILES string of the molecule is CCOC(=O)CN1C(=O)C/C(=C\c2ccc(OC)cc2F)C1=O. The fourth-order valence-corrected chi connectivity index (χ4v) is 2.17. The Morgan fingerprint density at radius 2 is 2.13 bits per heavy atom. The summed E-state index contributed by atoms with van der Waals surface area (Å²) in [4.78, 5) is 36.3. The predicted octanol–water partition coefficient (Wildman–Crippen LogP) is 1.54. The highest BCUT2D eigenvalue weighted by Gasteiger charge is 2.35. The van der Waals surface area contributed by atoms with Gasteiger partial charge in [0.1, 0.15) is 18.1 Å². The molecule has 0 unspecified atom stereocenters. The largest absolute Gasteiger partial charge is 0.497 e. The van der Waals surface area contributed by atoms with Gasteiger partial charge in [-0.1, -0.05) is 0 Å². The zero-order chi connectivity index (χ0) is 17.0. The zero-order valence-corrected chi connectivity index (χ0v) is 12.8. The average molecular weight is 321 g/mol. The molecule has 1 fully saturated rings. The van der Waals surface area contributed by atoms with Crippen molar-refractivity contribution in [2.75, 3.05) is 20.3 Å². The first-order valence-corrected chi connectivity index (χ1v) is 7.00. The highest BCUT2D eigenvalue weighted by atomic mass is 19.1. The Hall–Kier alpha value is -2.70. The fourth-order valence-electron chi connectivity index (χ4n) is 2.17. The molecule has 1 aromatic carbocycles. The Balaban J connectivity index is 2.20. The number of ether oxygens (including phenoxy) is 2. The van der Waals surface area contributed by atoms with Gasteiger partial charge in [-0.15, -0.1) is 0 Å². The van der Waals surface area contributed by atoms with Crippen molar-refractivity contribution in [1.29, 1.82) is 0 Å². The van der Waals surface area contributed by atoms with Gasteiger partial charge < -0.3 is 9.47 Å². The van der Waals surface area contributed by atoms with E-state index in [1.165, 1.54) is 25.3 Å².